The molecule has 7 heteroatoms. The molecule has 1 aromatic carbocycles. The molecule has 0 bridgehead atoms. The molecule has 30 heavy (non-hydrogen) atoms. The van der Waals surface area contributed by atoms with Crippen LogP contribution in [0.2, 0.25) is 0 Å². The molecule has 1 aliphatic carbocycles. The molecule has 3 heterocycles. The number of amidine groups is 1. The zero-order chi connectivity index (χ0) is 20.7. The topological polar surface area (TPSA) is 48.8 Å². The summed E-state index contributed by atoms with van der Waals surface area (Å²) < 4.78 is 0. The van der Waals surface area contributed by atoms with Gasteiger partial charge in [0.25, 0.3) is 0 Å². The van der Waals surface area contributed by atoms with Crippen LogP contribution in [0.3, 0.4) is 0 Å². The first kappa shape index (κ1) is 19.2. The molecule has 0 spiro atoms. The molecule has 0 saturated carbocycles. The zero-order valence-corrected chi connectivity index (χ0v) is 18.2. The number of aromatic nitrogens is 1. The molecule has 1 fully saturated rings. The molecule has 5 rings (SSSR count). The highest BCUT2D eigenvalue weighted by atomic mass is 32.2. The molecular formula is C23H20N4OS2. The first-order valence-electron chi connectivity index (χ1n) is 9.70. The maximum atomic E-state index is 12.2. The van der Waals surface area contributed by atoms with Gasteiger partial charge in [0.05, 0.1) is 27.9 Å². The normalized spacial score (nSPS) is 21.7. The molecule has 0 N–H and O–H groups in total. The Hall–Kier alpha value is -2.77. The average Bonchev–Trinajstić information content (AvgIpc) is 3.29. The highest BCUT2D eigenvalue weighted by molar-refractivity contribution is 8.15. The SMILES string of the molecule is C=CCN1C(=O)CSC1=NC1=CCC(=C2Sc3ccccc3N2C)c2ncccc21. The van der Waals surface area contributed by atoms with Gasteiger partial charge in [0.15, 0.2) is 5.17 Å². The van der Waals surface area contributed by atoms with Crippen LogP contribution in [0.25, 0.3) is 11.3 Å². The van der Waals surface area contributed by atoms with Crippen LogP contribution in [0.4, 0.5) is 5.69 Å². The van der Waals surface area contributed by atoms with Crippen LogP contribution in [-0.2, 0) is 4.79 Å². The number of benzene rings is 1. The Balaban J connectivity index is 1.56. The Kier molecular flexibility index (Phi) is 5.00. The third kappa shape index (κ3) is 3.18. The van der Waals surface area contributed by atoms with Crippen molar-refractivity contribution in [2.75, 3.05) is 24.2 Å². The zero-order valence-electron chi connectivity index (χ0n) is 16.5. The molecule has 5 nitrogen and oxygen atoms in total. The molecular weight excluding hydrogens is 412 g/mol. The average molecular weight is 433 g/mol. The molecule has 2 aliphatic heterocycles. The third-order valence-electron chi connectivity index (χ3n) is 5.25. The Morgan fingerprint density at radius 3 is 2.97 bits per heavy atom. The van der Waals surface area contributed by atoms with Gasteiger partial charge in [-0.05, 0) is 30.7 Å². The van der Waals surface area contributed by atoms with E-state index in [1.807, 2.05) is 12.3 Å². The van der Waals surface area contributed by atoms with E-state index >= 15 is 0 Å². The Labute approximate surface area is 184 Å². The minimum absolute atomic E-state index is 0.0750. The van der Waals surface area contributed by atoms with Crippen molar-refractivity contribution >= 4 is 51.6 Å². The van der Waals surface area contributed by atoms with Gasteiger partial charge >= 0.3 is 0 Å². The fourth-order valence-corrected chi connectivity index (χ4v) is 5.92. The van der Waals surface area contributed by atoms with E-state index < -0.39 is 0 Å². The van der Waals surface area contributed by atoms with Gasteiger partial charge in [0.2, 0.25) is 5.91 Å². The monoisotopic (exact) mass is 432 g/mol. The summed E-state index contributed by atoms with van der Waals surface area (Å²) in [4.78, 5) is 26.9. The van der Waals surface area contributed by atoms with E-state index in [9.17, 15) is 4.79 Å². The Bertz CT molecular complexity index is 1150. The number of carbonyl (C=O) groups is 1. The number of nitrogens with zero attached hydrogens (tertiary/aromatic N) is 4. The lowest BCUT2D eigenvalue weighted by molar-refractivity contribution is -0.123. The first-order chi connectivity index (χ1) is 14.7. The van der Waals surface area contributed by atoms with Crippen LogP contribution in [-0.4, -0.2) is 40.3 Å². The number of allylic oxidation sites excluding steroid dienone is 2. The van der Waals surface area contributed by atoms with Crippen molar-refractivity contribution in [1.82, 2.24) is 9.88 Å². The van der Waals surface area contributed by atoms with E-state index in [0.29, 0.717) is 12.3 Å². The van der Waals surface area contributed by atoms with E-state index in [4.69, 9.17) is 9.98 Å². The van der Waals surface area contributed by atoms with Gasteiger partial charge in [0, 0.05) is 35.8 Å². The lowest BCUT2D eigenvalue weighted by Gasteiger charge is -2.23. The van der Waals surface area contributed by atoms with Crippen LogP contribution < -0.4 is 4.90 Å². The van der Waals surface area contributed by atoms with Crippen LogP contribution >= 0.6 is 23.5 Å². The maximum Gasteiger partial charge on any atom is 0.239 e. The van der Waals surface area contributed by atoms with E-state index in [-0.39, 0.29) is 5.91 Å². The number of pyridine rings is 1. The van der Waals surface area contributed by atoms with Crippen molar-refractivity contribution in [3.63, 3.8) is 0 Å². The summed E-state index contributed by atoms with van der Waals surface area (Å²) in [6, 6.07) is 12.4. The molecule has 3 aliphatic rings. The smallest absolute Gasteiger partial charge is 0.239 e. The minimum Gasteiger partial charge on any atom is -0.338 e. The van der Waals surface area contributed by atoms with Crippen LogP contribution in [0.5, 0.6) is 0 Å². The van der Waals surface area contributed by atoms with Crippen LogP contribution in [0, 0.1) is 0 Å². The molecule has 1 aromatic heterocycles. The number of hydrogen-bond donors (Lipinski definition) is 0. The van der Waals surface area contributed by atoms with E-state index in [1.54, 1.807) is 22.7 Å². The standard InChI is InChI=1S/C23H20N4OS2/c1-3-13-27-20(28)14-29-23(27)25-17-11-10-16(21-15(17)7-6-12-24-21)22-26(2)18-8-4-5-9-19(18)30-22/h3-9,11-12H,1,10,13-14H2,2H3. The second kappa shape index (κ2) is 7.81. The fraction of sp³-hybridized carbons (Fsp3) is 0.174. The molecule has 150 valence electrons. The third-order valence-corrected chi connectivity index (χ3v) is 7.49. The van der Waals surface area contributed by atoms with Gasteiger partial charge in [-0.25, -0.2) is 4.99 Å². The number of hydrogen-bond acceptors (Lipinski definition) is 6. The second-order valence-corrected chi connectivity index (χ2v) is 9.05. The number of carbonyl (C=O) groups excluding carboxylic acids is 1. The van der Waals surface area contributed by atoms with Crippen molar-refractivity contribution < 1.29 is 4.79 Å². The van der Waals surface area contributed by atoms with Gasteiger partial charge in [0.1, 0.15) is 0 Å². The van der Waals surface area contributed by atoms with Crippen molar-refractivity contribution in [3.05, 3.63) is 77.6 Å². The van der Waals surface area contributed by atoms with Gasteiger partial charge < -0.3 is 4.90 Å². The maximum absolute atomic E-state index is 12.2. The first-order valence-corrected chi connectivity index (χ1v) is 11.5. The number of aliphatic imine (C=N–C) groups is 1. The number of para-hydroxylation sites is 1. The van der Waals surface area contributed by atoms with Gasteiger partial charge in [-0.15, -0.1) is 6.58 Å². The predicted octanol–water partition coefficient (Wildman–Crippen LogP) is 4.85. The number of fused-ring (bicyclic) bond motifs is 2. The minimum atomic E-state index is 0.0750. The summed E-state index contributed by atoms with van der Waals surface area (Å²) in [5.74, 6) is 0.500. The van der Waals surface area contributed by atoms with Crippen LogP contribution in [0.1, 0.15) is 17.7 Å². The van der Waals surface area contributed by atoms with E-state index in [2.05, 4.69) is 54.9 Å². The summed E-state index contributed by atoms with van der Waals surface area (Å²) in [5.41, 5.74) is 5.26. The van der Waals surface area contributed by atoms with E-state index in [0.717, 1.165) is 28.5 Å². The number of thioether (sulfide) groups is 2. The Morgan fingerprint density at radius 1 is 1.27 bits per heavy atom. The van der Waals surface area contributed by atoms with Gasteiger partial charge in [-0.3, -0.25) is 14.7 Å². The molecule has 1 saturated heterocycles. The number of amides is 1. The van der Waals surface area contributed by atoms with Crippen molar-refractivity contribution in [2.45, 2.75) is 11.3 Å². The summed E-state index contributed by atoms with van der Waals surface area (Å²) in [6.45, 7) is 4.24. The quantitative estimate of drug-likeness (QED) is 0.649. The lowest BCUT2D eigenvalue weighted by atomic mass is 9.95. The van der Waals surface area contributed by atoms with Crippen molar-refractivity contribution in [2.24, 2.45) is 4.99 Å². The summed E-state index contributed by atoms with van der Waals surface area (Å²) in [6.07, 6.45) is 6.46. The molecule has 2 aromatic rings. The summed E-state index contributed by atoms with van der Waals surface area (Å²) in [7, 11) is 2.11. The number of rotatable bonds is 3. The van der Waals surface area contributed by atoms with Crippen molar-refractivity contribution in [3.8, 4) is 0 Å². The number of anilines is 1. The van der Waals surface area contributed by atoms with E-state index in [1.165, 1.54) is 32.9 Å². The predicted molar refractivity (Wildman–Crippen MR) is 126 cm³/mol. The van der Waals surface area contributed by atoms with Crippen molar-refractivity contribution in [1.29, 1.82) is 0 Å². The van der Waals surface area contributed by atoms with Crippen LogP contribution in [0.15, 0.2) is 76.2 Å². The molecule has 0 atom stereocenters. The summed E-state index contributed by atoms with van der Waals surface area (Å²) >= 11 is 3.27. The second-order valence-electron chi connectivity index (χ2n) is 7.08. The fourth-order valence-electron chi connectivity index (χ4n) is 3.81. The highest BCUT2D eigenvalue weighted by Crippen LogP contribution is 2.49. The molecule has 1 amide bonds. The summed E-state index contributed by atoms with van der Waals surface area (Å²) in [5, 5.41) is 1.94. The van der Waals surface area contributed by atoms with Gasteiger partial charge in [-0.1, -0.05) is 47.8 Å². The highest BCUT2D eigenvalue weighted by Gasteiger charge is 2.31. The lowest BCUT2D eigenvalue weighted by Crippen LogP contribution is -2.29. The van der Waals surface area contributed by atoms with Gasteiger partial charge in [-0.2, -0.15) is 0 Å². The molecule has 0 radical (unpaired) electrons. The Morgan fingerprint density at radius 2 is 2.13 bits per heavy atom. The largest absolute Gasteiger partial charge is 0.338 e. The molecule has 0 unspecified atom stereocenters.